The summed E-state index contributed by atoms with van der Waals surface area (Å²) < 4.78 is 10.6. The van der Waals surface area contributed by atoms with Crippen LogP contribution in [0.4, 0.5) is 0 Å². The van der Waals surface area contributed by atoms with Crippen molar-refractivity contribution >= 4 is 0 Å². The fourth-order valence-electron chi connectivity index (χ4n) is 0.887. The fourth-order valence-corrected chi connectivity index (χ4v) is 0.887. The van der Waals surface area contributed by atoms with E-state index in [-0.39, 0.29) is 0 Å². The molecule has 2 nitrogen and oxygen atoms in total. The molecule has 0 aromatic rings. The van der Waals surface area contributed by atoms with Gasteiger partial charge in [0.05, 0.1) is 0 Å². The van der Waals surface area contributed by atoms with Crippen LogP contribution in [0.15, 0.2) is 36.3 Å². The average molecular weight is 152 g/mol. The van der Waals surface area contributed by atoms with Crippen molar-refractivity contribution in [1.29, 1.82) is 0 Å². The molecule has 0 atom stereocenters. The van der Waals surface area contributed by atoms with Crippen molar-refractivity contribution in [2.75, 3.05) is 13.2 Å². The minimum absolute atomic E-state index is 0.613. The molecule has 0 aliphatic carbocycles. The molecule has 1 heterocycles. The molecule has 0 bridgehead atoms. The standard InChI is InChI=1S/C9H12O2/c1-3-5-9-8(4-2)10-6-7-11-9/h3-5H,2,6-7H2,1H3. The monoisotopic (exact) mass is 152 g/mol. The summed E-state index contributed by atoms with van der Waals surface area (Å²) in [6, 6.07) is 0. The summed E-state index contributed by atoms with van der Waals surface area (Å²) in [5, 5.41) is 0. The maximum absolute atomic E-state index is 5.32. The van der Waals surface area contributed by atoms with E-state index in [9.17, 15) is 0 Å². The highest BCUT2D eigenvalue weighted by atomic mass is 16.6. The second-order valence-electron chi connectivity index (χ2n) is 2.13. The van der Waals surface area contributed by atoms with Crippen molar-refractivity contribution in [3.05, 3.63) is 36.3 Å². The third kappa shape index (κ3) is 1.87. The average Bonchev–Trinajstić information content (AvgIpc) is 2.06. The van der Waals surface area contributed by atoms with Crippen LogP contribution in [-0.4, -0.2) is 13.2 Å². The Morgan fingerprint density at radius 1 is 1.27 bits per heavy atom. The lowest BCUT2D eigenvalue weighted by Gasteiger charge is -2.17. The summed E-state index contributed by atoms with van der Waals surface area (Å²) >= 11 is 0. The predicted octanol–water partition coefficient (Wildman–Crippen LogP) is 2.01. The zero-order chi connectivity index (χ0) is 8.10. The third-order valence-electron chi connectivity index (χ3n) is 1.34. The topological polar surface area (TPSA) is 18.5 Å². The minimum Gasteiger partial charge on any atom is -0.486 e. The third-order valence-corrected chi connectivity index (χ3v) is 1.34. The van der Waals surface area contributed by atoms with Crippen LogP contribution in [-0.2, 0) is 9.47 Å². The molecule has 11 heavy (non-hydrogen) atoms. The Morgan fingerprint density at radius 3 is 2.45 bits per heavy atom. The molecular formula is C9H12O2. The van der Waals surface area contributed by atoms with Gasteiger partial charge in [0.1, 0.15) is 13.2 Å². The van der Waals surface area contributed by atoms with Crippen LogP contribution in [0.3, 0.4) is 0 Å². The van der Waals surface area contributed by atoms with Gasteiger partial charge in [-0.25, -0.2) is 0 Å². The fraction of sp³-hybridized carbons (Fsp3) is 0.333. The Hall–Kier alpha value is -1.18. The van der Waals surface area contributed by atoms with Gasteiger partial charge >= 0.3 is 0 Å². The van der Waals surface area contributed by atoms with Gasteiger partial charge in [0.25, 0.3) is 0 Å². The number of ether oxygens (including phenoxy) is 2. The van der Waals surface area contributed by atoms with Crippen LogP contribution >= 0.6 is 0 Å². The summed E-state index contributed by atoms with van der Waals surface area (Å²) in [5.74, 6) is 1.50. The lowest BCUT2D eigenvalue weighted by molar-refractivity contribution is 0.0769. The zero-order valence-corrected chi connectivity index (χ0v) is 6.67. The Kier molecular flexibility index (Phi) is 2.78. The van der Waals surface area contributed by atoms with E-state index < -0.39 is 0 Å². The van der Waals surface area contributed by atoms with Crippen molar-refractivity contribution in [2.24, 2.45) is 0 Å². The molecule has 1 aliphatic rings. The normalized spacial score (nSPS) is 17.9. The smallest absolute Gasteiger partial charge is 0.161 e. The van der Waals surface area contributed by atoms with E-state index in [0.29, 0.717) is 13.2 Å². The SMILES string of the molecule is C=CC1=C(C=CC)OCCO1. The summed E-state index contributed by atoms with van der Waals surface area (Å²) in [7, 11) is 0. The maximum Gasteiger partial charge on any atom is 0.161 e. The van der Waals surface area contributed by atoms with E-state index in [1.165, 1.54) is 0 Å². The van der Waals surface area contributed by atoms with Crippen LogP contribution in [0.2, 0.25) is 0 Å². The molecular weight excluding hydrogens is 140 g/mol. The molecule has 60 valence electrons. The number of rotatable bonds is 2. The van der Waals surface area contributed by atoms with Gasteiger partial charge in [0, 0.05) is 0 Å². The molecule has 0 saturated carbocycles. The van der Waals surface area contributed by atoms with Crippen LogP contribution in [0.1, 0.15) is 6.92 Å². The molecule has 0 saturated heterocycles. The number of hydrogen-bond acceptors (Lipinski definition) is 2. The summed E-state index contributed by atoms with van der Waals surface area (Å²) in [5.41, 5.74) is 0. The molecule has 0 N–H and O–H groups in total. The zero-order valence-electron chi connectivity index (χ0n) is 6.67. The molecule has 0 amide bonds. The largest absolute Gasteiger partial charge is 0.486 e. The van der Waals surface area contributed by atoms with Crippen molar-refractivity contribution in [1.82, 2.24) is 0 Å². The highest BCUT2D eigenvalue weighted by Crippen LogP contribution is 2.14. The highest BCUT2D eigenvalue weighted by molar-refractivity contribution is 5.24. The predicted molar refractivity (Wildman–Crippen MR) is 43.9 cm³/mol. The number of allylic oxidation sites excluding steroid dienone is 3. The van der Waals surface area contributed by atoms with Gasteiger partial charge in [-0.15, -0.1) is 0 Å². The first-order valence-corrected chi connectivity index (χ1v) is 3.63. The Labute approximate surface area is 66.8 Å². The first-order chi connectivity index (χ1) is 5.38. The van der Waals surface area contributed by atoms with Crippen molar-refractivity contribution in [3.8, 4) is 0 Å². The molecule has 0 fully saturated rings. The van der Waals surface area contributed by atoms with Crippen molar-refractivity contribution in [3.63, 3.8) is 0 Å². The summed E-state index contributed by atoms with van der Waals surface area (Å²) in [6.45, 7) is 6.79. The van der Waals surface area contributed by atoms with Gasteiger partial charge in [-0.3, -0.25) is 0 Å². The first-order valence-electron chi connectivity index (χ1n) is 3.63. The van der Waals surface area contributed by atoms with Crippen molar-refractivity contribution < 1.29 is 9.47 Å². The molecule has 0 aromatic carbocycles. The molecule has 0 spiro atoms. The van der Waals surface area contributed by atoms with E-state index >= 15 is 0 Å². The van der Waals surface area contributed by atoms with Crippen molar-refractivity contribution in [2.45, 2.75) is 6.92 Å². The van der Waals surface area contributed by atoms with Gasteiger partial charge in [0.15, 0.2) is 11.5 Å². The van der Waals surface area contributed by atoms with Gasteiger partial charge in [-0.2, -0.15) is 0 Å². The van der Waals surface area contributed by atoms with Crippen LogP contribution in [0.5, 0.6) is 0 Å². The first kappa shape index (κ1) is 7.92. The molecule has 2 heteroatoms. The van der Waals surface area contributed by atoms with Gasteiger partial charge in [-0.1, -0.05) is 12.7 Å². The number of hydrogen-bond donors (Lipinski definition) is 0. The molecule has 1 aliphatic heterocycles. The molecule has 0 aromatic heterocycles. The summed E-state index contributed by atoms with van der Waals surface area (Å²) in [6.07, 6.45) is 5.44. The maximum atomic E-state index is 5.32. The lowest BCUT2D eigenvalue weighted by Crippen LogP contribution is -2.11. The van der Waals surface area contributed by atoms with Crippen LogP contribution < -0.4 is 0 Å². The minimum atomic E-state index is 0.613. The molecule has 0 unspecified atom stereocenters. The Balaban J connectivity index is 2.81. The Morgan fingerprint density at radius 2 is 1.91 bits per heavy atom. The van der Waals surface area contributed by atoms with Crippen LogP contribution in [0, 0.1) is 0 Å². The van der Waals surface area contributed by atoms with Gasteiger partial charge < -0.3 is 9.47 Å². The van der Waals surface area contributed by atoms with Gasteiger partial charge in [0.2, 0.25) is 0 Å². The lowest BCUT2D eigenvalue weighted by atomic mass is 10.3. The molecule has 0 radical (unpaired) electrons. The second-order valence-corrected chi connectivity index (χ2v) is 2.13. The molecule has 1 rings (SSSR count). The highest BCUT2D eigenvalue weighted by Gasteiger charge is 2.08. The van der Waals surface area contributed by atoms with Gasteiger partial charge in [-0.05, 0) is 19.1 Å². The second kappa shape index (κ2) is 3.86. The Bertz CT molecular complexity index is 202. The van der Waals surface area contributed by atoms with E-state index in [0.717, 1.165) is 11.5 Å². The van der Waals surface area contributed by atoms with E-state index in [2.05, 4.69) is 6.58 Å². The van der Waals surface area contributed by atoms with E-state index in [4.69, 9.17) is 9.47 Å². The van der Waals surface area contributed by atoms with E-state index in [1.54, 1.807) is 6.08 Å². The van der Waals surface area contributed by atoms with Crippen LogP contribution in [0.25, 0.3) is 0 Å². The quantitative estimate of drug-likeness (QED) is 0.602. The van der Waals surface area contributed by atoms with E-state index in [1.807, 2.05) is 19.1 Å². The summed E-state index contributed by atoms with van der Waals surface area (Å²) in [4.78, 5) is 0.